The maximum atomic E-state index is 12.4. The van der Waals surface area contributed by atoms with Gasteiger partial charge >= 0.3 is 12.0 Å². The number of benzene rings is 1. The molecule has 1 aromatic carbocycles. The van der Waals surface area contributed by atoms with Gasteiger partial charge in [0.25, 0.3) is 5.91 Å². The Bertz CT molecular complexity index is 641. The molecule has 0 bridgehead atoms. The number of nitrogens with one attached hydrogen (secondary N) is 2. The maximum absolute atomic E-state index is 12.4. The number of urea groups is 1. The van der Waals surface area contributed by atoms with Gasteiger partial charge in [-0.15, -0.1) is 0 Å². The maximum Gasteiger partial charge on any atom is 0.319 e. The van der Waals surface area contributed by atoms with Crippen LogP contribution in [-0.4, -0.2) is 47.0 Å². The van der Waals surface area contributed by atoms with Crippen LogP contribution in [-0.2, 0) is 4.79 Å². The minimum absolute atomic E-state index is 0.0622. The van der Waals surface area contributed by atoms with E-state index in [9.17, 15) is 14.4 Å². The Hall–Kier alpha value is -2.28. The molecule has 0 heterocycles. The second kappa shape index (κ2) is 8.01. The minimum atomic E-state index is -0.991. The summed E-state index contributed by atoms with van der Waals surface area (Å²) < 4.78 is 0. The van der Waals surface area contributed by atoms with Gasteiger partial charge < -0.3 is 20.6 Å². The Balaban J connectivity index is 2.87. The molecule has 0 radical (unpaired) electrons. The normalized spacial score (nSPS) is 10.9. The number of carbonyl (C=O) groups excluding carboxylic acids is 2. The summed E-state index contributed by atoms with van der Waals surface area (Å²) in [6.45, 7) is 5.61. The molecule has 0 aromatic heterocycles. The first kappa shape index (κ1) is 19.8. The van der Waals surface area contributed by atoms with Crippen molar-refractivity contribution in [3.63, 3.8) is 0 Å². The lowest BCUT2D eigenvalue weighted by Crippen LogP contribution is -2.43. The molecule has 24 heavy (non-hydrogen) atoms. The highest BCUT2D eigenvalue weighted by molar-refractivity contribution is 6.34. The van der Waals surface area contributed by atoms with Crippen LogP contribution in [0.3, 0.4) is 0 Å². The molecule has 7 nitrogen and oxygen atoms in total. The third-order valence-electron chi connectivity index (χ3n) is 2.95. The van der Waals surface area contributed by atoms with Crippen molar-refractivity contribution in [2.45, 2.75) is 32.7 Å². The van der Waals surface area contributed by atoms with Crippen LogP contribution >= 0.6 is 11.6 Å². The van der Waals surface area contributed by atoms with Gasteiger partial charge in [0.2, 0.25) is 0 Å². The molecule has 1 rings (SSSR count). The first-order valence-corrected chi connectivity index (χ1v) is 7.73. The van der Waals surface area contributed by atoms with Gasteiger partial charge in [0.15, 0.2) is 0 Å². The number of aliphatic carboxylic acids is 1. The Morgan fingerprint density at radius 2 is 1.88 bits per heavy atom. The average molecular weight is 356 g/mol. The summed E-state index contributed by atoms with van der Waals surface area (Å²) in [7, 11) is 1.49. The van der Waals surface area contributed by atoms with Crippen molar-refractivity contribution in [2.24, 2.45) is 0 Å². The SMILES string of the molecule is CN(CCC(=O)O)C(=O)c1cc(NC(=O)NC(C)(C)C)ccc1Cl. The van der Waals surface area contributed by atoms with Gasteiger partial charge in [0.05, 0.1) is 17.0 Å². The number of hydrogen-bond acceptors (Lipinski definition) is 3. The molecule has 0 spiro atoms. The van der Waals surface area contributed by atoms with Crippen LogP contribution in [0.25, 0.3) is 0 Å². The number of carbonyl (C=O) groups is 3. The van der Waals surface area contributed by atoms with Gasteiger partial charge in [-0.1, -0.05) is 11.6 Å². The van der Waals surface area contributed by atoms with E-state index >= 15 is 0 Å². The molecule has 0 aliphatic heterocycles. The van der Waals surface area contributed by atoms with Gasteiger partial charge in [0, 0.05) is 24.8 Å². The summed E-state index contributed by atoms with van der Waals surface area (Å²) in [5, 5.41) is 14.3. The number of hydrogen-bond donors (Lipinski definition) is 3. The zero-order valence-corrected chi connectivity index (χ0v) is 14.9. The Morgan fingerprint density at radius 3 is 2.42 bits per heavy atom. The molecule has 0 saturated heterocycles. The molecule has 0 aliphatic rings. The number of nitrogens with zero attached hydrogens (tertiary/aromatic N) is 1. The van der Waals surface area contributed by atoms with Crippen molar-refractivity contribution in [3.05, 3.63) is 28.8 Å². The van der Waals surface area contributed by atoms with Crippen molar-refractivity contribution in [2.75, 3.05) is 18.9 Å². The lowest BCUT2D eigenvalue weighted by atomic mass is 10.1. The Kier molecular flexibility index (Phi) is 6.60. The van der Waals surface area contributed by atoms with Crippen molar-refractivity contribution < 1.29 is 19.5 Å². The highest BCUT2D eigenvalue weighted by atomic mass is 35.5. The van der Waals surface area contributed by atoms with Crippen LogP contribution in [0.15, 0.2) is 18.2 Å². The monoisotopic (exact) mass is 355 g/mol. The molecule has 0 unspecified atom stereocenters. The van der Waals surface area contributed by atoms with E-state index in [1.807, 2.05) is 20.8 Å². The van der Waals surface area contributed by atoms with E-state index in [2.05, 4.69) is 10.6 Å². The molecule has 0 fully saturated rings. The molecular weight excluding hydrogens is 334 g/mol. The number of halogens is 1. The van der Waals surface area contributed by atoms with E-state index in [4.69, 9.17) is 16.7 Å². The second-order valence-corrected chi connectivity index (χ2v) is 6.80. The molecule has 3 amide bonds. The topological polar surface area (TPSA) is 98.7 Å². The zero-order valence-electron chi connectivity index (χ0n) is 14.1. The van der Waals surface area contributed by atoms with Crippen LogP contribution in [0.2, 0.25) is 5.02 Å². The summed E-state index contributed by atoms with van der Waals surface area (Å²) in [5.74, 6) is -1.41. The number of carboxylic acids is 1. The summed E-state index contributed by atoms with van der Waals surface area (Å²) in [6, 6.07) is 4.15. The second-order valence-electron chi connectivity index (χ2n) is 6.39. The molecule has 132 valence electrons. The summed E-state index contributed by atoms with van der Waals surface area (Å²) in [5.41, 5.74) is 0.209. The average Bonchev–Trinajstić information content (AvgIpc) is 2.44. The molecule has 3 N–H and O–H groups in total. The first-order chi connectivity index (χ1) is 11.0. The standard InChI is InChI=1S/C16H22ClN3O4/c1-16(2,3)19-15(24)18-10-5-6-12(17)11(9-10)14(23)20(4)8-7-13(21)22/h5-6,9H,7-8H2,1-4H3,(H,21,22)(H2,18,19,24). The lowest BCUT2D eigenvalue weighted by molar-refractivity contribution is -0.137. The number of amides is 3. The highest BCUT2D eigenvalue weighted by Gasteiger charge is 2.18. The van der Waals surface area contributed by atoms with E-state index in [-0.39, 0.29) is 23.6 Å². The van der Waals surface area contributed by atoms with E-state index in [1.165, 1.54) is 24.1 Å². The summed E-state index contributed by atoms with van der Waals surface area (Å²) in [6.07, 6.45) is -0.161. The van der Waals surface area contributed by atoms with Crippen LogP contribution in [0, 0.1) is 0 Å². The smallest absolute Gasteiger partial charge is 0.319 e. The highest BCUT2D eigenvalue weighted by Crippen LogP contribution is 2.22. The third kappa shape index (κ3) is 6.45. The molecule has 0 saturated carbocycles. The fraction of sp³-hybridized carbons (Fsp3) is 0.438. The van der Waals surface area contributed by atoms with Gasteiger partial charge in [-0.25, -0.2) is 4.79 Å². The van der Waals surface area contributed by atoms with E-state index in [0.717, 1.165) is 0 Å². The Labute approximate surface area is 146 Å². The number of carboxylic acid groups (broad SMARTS) is 1. The fourth-order valence-corrected chi connectivity index (χ4v) is 2.04. The fourth-order valence-electron chi connectivity index (χ4n) is 1.84. The Morgan fingerprint density at radius 1 is 1.25 bits per heavy atom. The van der Waals surface area contributed by atoms with Crippen LogP contribution in [0.4, 0.5) is 10.5 Å². The minimum Gasteiger partial charge on any atom is -0.481 e. The van der Waals surface area contributed by atoms with Gasteiger partial charge in [-0.05, 0) is 39.0 Å². The third-order valence-corrected chi connectivity index (χ3v) is 3.28. The lowest BCUT2D eigenvalue weighted by Gasteiger charge is -2.21. The molecule has 0 atom stereocenters. The van der Waals surface area contributed by atoms with Crippen molar-refractivity contribution in [1.29, 1.82) is 0 Å². The van der Waals surface area contributed by atoms with Crippen LogP contribution in [0.5, 0.6) is 0 Å². The van der Waals surface area contributed by atoms with Crippen LogP contribution < -0.4 is 10.6 Å². The largest absolute Gasteiger partial charge is 0.481 e. The quantitative estimate of drug-likeness (QED) is 0.756. The molecule has 1 aromatic rings. The molecule has 8 heteroatoms. The van der Waals surface area contributed by atoms with Crippen molar-refractivity contribution >= 4 is 35.2 Å². The van der Waals surface area contributed by atoms with Gasteiger partial charge in [-0.2, -0.15) is 0 Å². The van der Waals surface area contributed by atoms with Crippen LogP contribution in [0.1, 0.15) is 37.6 Å². The van der Waals surface area contributed by atoms with Gasteiger partial charge in [-0.3, -0.25) is 9.59 Å². The van der Waals surface area contributed by atoms with E-state index in [0.29, 0.717) is 5.69 Å². The first-order valence-electron chi connectivity index (χ1n) is 7.35. The van der Waals surface area contributed by atoms with Gasteiger partial charge in [0.1, 0.15) is 0 Å². The predicted molar refractivity (Wildman–Crippen MR) is 92.6 cm³/mol. The predicted octanol–water partition coefficient (Wildman–Crippen LogP) is 2.81. The molecule has 0 aliphatic carbocycles. The van der Waals surface area contributed by atoms with E-state index < -0.39 is 23.4 Å². The van der Waals surface area contributed by atoms with Crippen molar-refractivity contribution in [1.82, 2.24) is 10.2 Å². The zero-order chi connectivity index (χ0) is 18.5. The number of anilines is 1. The summed E-state index contributed by atoms with van der Waals surface area (Å²) >= 11 is 6.05. The van der Waals surface area contributed by atoms with Crippen molar-refractivity contribution in [3.8, 4) is 0 Å². The summed E-state index contributed by atoms with van der Waals surface area (Å²) in [4.78, 5) is 36.1. The number of rotatable bonds is 5. The molecular formula is C16H22ClN3O4. The van der Waals surface area contributed by atoms with E-state index in [1.54, 1.807) is 6.07 Å².